The second-order valence-electron chi connectivity index (χ2n) is 7.28. The second kappa shape index (κ2) is 7.98. The van der Waals surface area contributed by atoms with Crippen LogP contribution in [0.3, 0.4) is 0 Å². The summed E-state index contributed by atoms with van der Waals surface area (Å²) in [5.74, 6) is 0.188. The Morgan fingerprint density at radius 3 is 2.73 bits per heavy atom. The van der Waals surface area contributed by atoms with Crippen molar-refractivity contribution in [1.82, 2.24) is 14.5 Å². The molecule has 0 saturated carbocycles. The third-order valence-electron chi connectivity index (χ3n) is 5.24. The Bertz CT molecular complexity index is 1170. The Labute approximate surface area is 173 Å². The fourth-order valence-corrected chi connectivity index (χ4v) is 3.76. The monoisotopic (exact) mass is 406 g/mol. The van der Waals surface area contributed by atoms with Crippen LogP contribution in [0.1, 0.15) is 6.92 Å². The van der Waals surface area contributed by atoms with E-state index >= 15 is 0 Å². The number of anilines is 1. The fraction of sp³-hybridized carbons (Fsp3) is 0.273. The first-order valence-electron chi connectivity index (χ1n) is 9.66. The molecular weight excluding hydrogens is 384 g/mol. The molecule has 1 aromatic heterocycles. The molecule has 0 aliphatic carbocycles. The van der Waals surface area contributed by atoms with Gasteiger partial charge in [0.2, 0.25) is 11.8 Å². The van der Waals surface area contributed by atoms with Crippen molar-refractivity contribution in [2.75, 3.05) is 25.1 Å². The van der Waals surface area contributed by atoms with Gasteiger partial charge >= 0.3 is 0 Å². The van der Waals surface area contributed by atoms with Crippen LogP contribution >= 0.6 is 0 Å². The quantitative estimate of drug-likeness (QED) is 0.658. The molecule has 154 valence electrons. The molecule has 2 aromatic carbocycles. The lowest BCUT2D eigenvalue weighted by atomic mass is 10.1. The first-order chi connectivity index (χ1) is 14.5. The zero-order chi connectivity index (χ0) is 21.3. The molecule has 4 rings (SSSR count). The van der Waals surface area contributed by atoms with Gasteiger partial charge in [0.05, 0.1) is 30.4 Å². The molecule has 0 radical (unpaired) electrons. The molecular formula is C22H22N4O4. The van der Waals surface area contributed by atoms with E-state index in [-0.39, 0.29) is 36.5 Å². The molecule has 1 saturated heterocycles. The molecule has 1 aliphatic heterocycles. The van der Waals surface area contributed by atoms with Gasteiger partial charge in [-0.15, -0.1) is 0 Å². The number of nitrogens with zero attached hydrogens (tertiary/aromatic N) is 4. The number of carbonyl (C=O) groups is 2. The number of amides is 2. The number of hydrogen-bond donors (Lipinski definition) is 0. The summed E-state index contributed by atoms with van der Waals surface area (Å²) < 4.78 is 6.53. The minimum atomic E-state index is -0.292. The maximum absolute atomic E-state index is 12.8. The van der Waals surface area contributed by atoms with Crippen molar-refractivity contribution in [3.05, 3.63) is 65.2 Å². The first-order valence-corrected chi connectivity index (χ1v) is 9.66. The van der Waals surface area contributed by atoms with Gasteiger partial charge in [-0.25, -0.2) is 4.98 Å². The lowest BCUT2D eigenvalue weighted by Gasteiger charge is -2.39. The van der Waals surface area contributed by atoms with E-state index in [2.05, 4.69) is 4.98 Å². The van der Waals surface area contributed by atoms with Crippen molar-refractivity contribution < 1.29 is 14.3 Å². The number of carbonyl (C=O) groups excluding carboxylic acids is 2. The summed E-state index contributed by atoms with van der Waals surface area (Å²) in [6, 6.07) is 14.1. The SMILES string of the molecule is COc1cccc(N2C(=O)CN(C(=O)Cn3cnc4ccccc4c3=O)CC2C)c1. The average Bonchev–Trinajstić information content (AvgIpc) is 2.75. The molecule has 1 atom stereocenters. The van der Waals surface area contributed by atoms with E-state index < -0.39 is 0 Å². The predicted octanol–water partition coefficient (Wildman–Crippen LogP) is 1.67. The van der Waals surface area contributed by atoms with Crippen molar-refractivity contribution in [3.8, 4) is 5.75 Å². The average molecular weight is 406 g/mol. The number of benzene rings is 2. The normalized spacial score (nSPS) is 16.7. The summed E-state index contributed by atoms with van der Waals surface area (Å²) in [5, 5.41) is 0.458. The van der Waals surface area contributed by atoms with Gasteiger partial charge < -0.3 is 14.5 Å². The van der Waals surface area contributed by atoms with E-state index in [4.69, 9.17) is 4.74 Å². The molecule has 8 heteroatoms. The Morgan fingerprint density at radius 1 is 1.17 bits per heavy atom. The molecule has 1 unspecified atom stereocenters. The lowest BCUT2D eigenvalue weighted by Crippen LogP contribution is -2.57. The van der Waals surface area contributed by atoms with E-state index in [1.165, 1.54) is 15.8 Å². The largest absolute Gasteiger partial charge is 0.497 e. The zero-order valence-electron chi connectivity index (χ0n) is 16.8. The van der Waals surface area contributed by atoms with Crippen LogP contribution in [0.2, 0.25) is 0 Å². The zero-order valence-corrected chi connectivity index (χ0v) is 16.8. The highest BCUT2D eigenvalue weighted by molar-refractivity contribution is 5.98. The molecule has 30 heavy (non-hydrogen) atoms. The Morgan fingerprint density at radius 2 is 1.97 bits per heavy atom. The third kappa shape index (κ3) is 3.63. The van der Waals surface area contributed by atoms with Crippen LogP contribution in [0, 0.1) is 0 Å². The summed E-state index contributed by atoms with van der Waals surface area (Å²) in [5.41, 5.74) is 1.04. The summed E-state index contributed by atoms with van der Waals surface area (Å²) in [7, 11) is 1.57. The summed E-state index contributed by atoms with van der Waals surface area (Å²) in [4.78, 5) is 45.7. The molecule has 8 nitrogen and oxygen atoms in total. The molecule has 1 fully saturated rings. The van der Waals surface area contributed by atoms with Gasteiger partial charge in [0.1, 0.15) is 18.8 Å². The van der Waals surface area contributed by atoms with Crippen LogP contribution < -0.4 is 15.2 Å². The van der Waals surface area contributed by atoms with Crippen LogP contribution in [0.4, 0.5) is 5.69 Å². The minimum absolute atomic E-state index is 0.0455. The van der Waals surface area contributed by atoms with Crippen LogP contribution in [0.15, 0.2) is 59.7 Å². The maximum atomic E-state index is 12.8. The van der Waals surface area contributed by atoms with E-state index in [1.807, 2.05) is 25.1 Å². The van der Waals surface area contributed by atoms with E-state index in [1.54, 1.807) is 42.3 Å². The van der Waals surface area contributed by atoms with E-state index in [9.17, 15) is 14.4 Å². The fourth-order valence-electron chi connectivity index (χ4n) is 3.76. The smallest absolute Gasteiger partial charge is 0.261 e. The molecule has 2 heterocycles. The molecule has 1 aliphatic rings. The number of piperazine rings is 1. The molecule has 0 spiro atoms. The van der Waals surface area contributed by atoms with E-state index in [0.29, 0.717) is 23.2 Å². The van der Waals surface area contributed by atoms with Crippen molar-refractivity contribution in [3.63, 3.8) is 0 Å². The molecule has 2 amide bonds. The number of para-hydroxylation sites is 1. The second-order valence-corrected chi connectivity index (χ2v) is 7.28. The van der Waals surface area contributed by atoms with Gasteiger partial charge in [0, 0.05) is 18.3 Å². The van der Waals surface area contributed by atoms with Gasteiger partial charge in [-0.05, 0) is 31.2 Å². The maximum Gasteiger partial charge on any atom is 0.261 e. The Kier molecular flexibility index (Phi) is 5.22. The van der Waals surface area contributed by atoms with Crippen molar-refractivity contribution in [2.45, 2.75) is 19.5 Å². The van der Waals surface area contributed by atoms with Crippen LogP contribution in [0.25, 0.3) is 10.9 Å². The summed E-state index contributed by atoms with van der Waals surface area (Å²) >= 11 is 0. The van der Waals surface area contributed by atoms with Gasteiger partial charge in [-0.2, -0.15) is 0 Å². The molecule has 0 bridgehead atoms. The number of aromatic nitrogens is 2. The standard InChI is InChI=1S/C22H22N4O4/c1-15-11-24(13-21(28)26(15)16-6-5-7-17(10-16)30-2)20(27)12-25-14-23-19-9-4-3-8-18(19)22(25)29/h3-10,14-15H,11-13H2,1-2H3. The highest BCUT2D eigenvalue weighted by Gasteiger charge is 2.33. The van der Waals surface area contributed by atoms with Gasteiger partial charge in [-0.1, -0.05) is 18.2 Å². The minimum Gasteiger partial charge on any atom is -0.497 e. The lowest BCUT2D eigenvalue weighted by molar-refractivity contribution is -0.138. The van der Waals surface area contributed by atoms with Gasteiger partial charge in [-0.3, -0.25) is 19.0 Å². The highest BCUT2D eigenvalue weighted by atomic mass is 16.5. The van der Waals surface area contributed by atoms with Crippen molar-refractivity contribution in [2.24, 2.45) is 0 Å². The predicted molar refractivity (Wildman–Crippen MR) is 113 cm³/mol. The van der Waals surface area contributed by atoms with Crippen LogP contribution in [0.5, 0.6) is 5.75 Å². The van der Waals surface area contributed by atoms with Gasteiger partial charge in [0.25, 0.3) is 5.56 Å². The van der Waals surface area contributed by atoms with E-state index in [0.717, 1.165) is 5.69 Å². The van der Waals surface area contributed by atoms with Crippen LogP contribution in [-0.4, -0.2) is 52.5 Å². The van der Waals surface area contributed by atoms with Crippen molar-refractivity contribution in [1.29, 1.82) is 0 Å². The number of rotatable bonds is 4. The summed E-state index contributed by atoms with van der Waals surface area (Å²) in [6.07, 6.45) is 1.38. The molecule has 0 N–H and O–H groups in total. The van der Waals surface area contributed by atoms with Crippen molar-refractivity contribution >= 4 is 28.4 Å². The number of hydrogen-bond acceptors (Lipinski definition) is 5. The Hall–Kier alpha value is -3.68. The third-order valence-corrected chi connectivity index (χ3v) is 5.24. The number of methoxy groups -OCH3 is 1. The highest BCUT2D eigenvalue weighted by Crippen LogP contribution is 2.25. The topological polar surface area (TPSA) is 84.7 Å². The Balaban J connectivity index is 1.51. The van der Waals surface area contributed by atoms with Crippen LogP contribution in [-0.2, 0) is 16.1 Å². The number of ether oxygens (including phenoxy) is 1. The number of fused-ring (bicyclic) bond motifs is 1. The first kappa shape index (κ1) is 19.6. The molecule has 3 aromatic rings. The summed E-state index contributed by atoms with van der Waals surface area (Å²) in [6.45, 7) is 2.06. The van der Waals surface area contributed by atoms with Gasteiger partial charge in [0.15, 0.2) is 0 Å².